The highest BCUT2D eigenvalue weighted by molar-refractivity contribution is 7.88. The molecule has 0 spiro atoms. The SMILES string of the molecule is CS(=O)(=O)NC1CCOCC1COc1ccc(-c2ccc(F)cn2)c(F)c1. The molecule has 0 radical (unpaired) electrons. The van der Waals surface area contributed by atoms with E-state index < -0.39 is 21.7 Å². The number of sulfonamides is 1. The number of rotatable bonds is 6. The van der Waals surface area contributed by atoms with Crippen LogP contribution in [0.25, 0.3) is 11.3 Å². The number of benzene rings is 1. The number of aromatic nitrogens is 1. The van der Waals surface area contributed by atoms with Gasteiger partial charge in [0.2, 0.25) is 10.0 Å². The molecular weight excluding hydrogens is 378 g/mol. The molecule has 2 atom stereocenters. The average molecular weight is 398 g/mol. The van der Waals surface area contributed by atoms with E-state index in [1.165, 1.54) is 24.3 Å². The molecule has 1 aliphatic rings. The number of hydrogen-bond donors (Lipinski definition) is 1. The summed E-state index contributed by atoms with van der Waals surface area (Å²) in [6.07, 6.45) is 2.68. The number of nitrogens with zero attached hydrogens (tertiary/aromatic N) is 1. The van der Waals surface area contributed by atoms with Crippen LogP contribution in [0.5, 0.6) is 5.75 Å². The van der Waals surface area contributed by atoms with Crippen LogP contribution in [0, 0.1) is 17.6 Å². The summed E-state index contributed by atoms with van der Waals surface area (Å²) in [5.74, 6) is -0.916. The maximum atomic E-state index is 14.4. The van der Waals surface area contributed by atoms with Gasteiger partial charge in [-0.05, 0) is 30.7 Å². The van der Waals surface area contributed by atoms with Gasteiger partial charge >= 0.3 is 0 Å². The summed E-state index contributed by atoms with van der Waals surface area (Å²) in [6.45, 7) is 1.01. The highest BCUT2D eigenvalue weighted by Crippen LogP contribution is 2.26. The first-order valence-corrected chi connectivity index (χ1v) is 10.3. The van der Waals surface area contributed by atoms with Gasteiger partial charge in [0.25, 0.3) is 0 Å². The van der Waals surface area contributed by atoms with Crippen LogP contribution in [-0.2, 0) is 14.8 Å². The molecule has 1 fully saturated rings. The molecule has 1 aromatic carbocycles. The summed E-state index contributed by atoms with van der Waals surface area (Å²) < 4.78 is 63.9. The topological polar surface area (TPSA) is 77.5 Å². The molecule has 0 saturated carbocycles. The summed E-state index contributed by atoms with van der Waals surface area (Å²) in [7, 11) is -3.34. The number of nitrogens with one attached hydrogen (secondary N) is 1. The van der Waals surface area contributed by atoms with Gasteiger partial charge in [0.1, 0.15) is 17.4 Å². The van der Waals surface area contributed by atoms with Crippen molar-refractivity contribution in [1.82, 2.24) is 9.71 Å². The number of pyridine rings is 1. The van der Waals surface area contributed by atoms with Crippen molar-refractivity contribution in [2.24, 2.45) is 5.92 Å². The minimum Gasteiger partial charge on any atom is -0.493 e. The summed E-state index contributed by atoms with van der Waals surface area (Å²) in [6, 6.07) is 6.64. The molecule has 1 N–H and O–H groups in total. The van der Waals surface area contributed by atoms with Crippen molar-refractivity contribution >= 4 is 10.0 Å². The third-order valence-electron chi connectivity index (χ3n) is 4.25. The Kier molecular flexibility index (Phi) is 6.03. The Morgan fingerprint density at radius 3 is 2.78 bits per heavy atom. The van der Waals surface area contributed by atoms with E-state index in [0.29, 0.717) is 31.1 Å². The fourth-order valence-corrected chi connectivity index (χ4v) is 3.78. The first-order chi connectivity index (χ1) is 12.8. The quantitative estimate of drug-likeness (QED) is 0.808. The summed E-state index contributed by atoms with van der Waals surface area (Å²) in [5.41, 5.74) is 0.554. The lowest BCUT2D eigenvalue weighted by Gasteiger charge is -2.31. The molecule has 2 unspecified atom stereocenters. The van der Waals surface area contributed by atoms with E-state index in [9.17, 15) is 17.2 Å². The van der Waals surface area contributed by atoms with E-state index in [1.54, 1.807) is 6.07 Å². The number of ether oxygens (including phenoxy) is 2. The van der Waals surface area contributed by atoms with Crippen LogP contribution < -0.4 is 9.46 Å². The van der Waals surface area contributed by atoms with Crippen molar-refractivity contribution in [2.45, 2.75) is 12.5 Å². The molecule has 0 bridgehead atoms. The molecule has 9 heteroatoms. The maximum Gasteiger partial charge on any atom is 0.208 e. The zero-order valence-corrected chi connectivity index (χ0v) is 15.5. The highest BCUT2D eigenvalue weighted by Gasteiger charge is 2.28. The molecule has 1 saturated heterocycles. The Morgan fingerprint density at radius 2 is 2.11 bits per heavy atom. The molecule has 0 amide bonds. The van der Waals surface area contributed by atoms with Crippen LogP contribution in [0.2, 0.25) is 0 Å². The fraction of sp³-hybridized carbons (Fsp3) is 0.389. The Hall–Kier alpha value is -2.10. The molecule has 6 nitrogen and oxygen atoms in total. The third kappa shape index (κ3) is 5.44. The van der Waals surface area contributed by atoms with Gasteiger partial charge in [-0.1, -0.05) is 0 Å². The molecule has 2 heterocycles. The molecule has 1 aliphatic heterocycles. The lowest BCUT2D eigenvalue weighted by Crippen LogP contribution is -2.47. The number of hydrogen-bond acceptors (Lipinski definition) is 5. The van der Waals surface area contributed by atoms with E-state index in [1.807, 2.05) is 0 Å². The minimum absolute atomic E-state index is 0.181. The predicted molar refractivity (Wildman–Crippen MR) is 95.8 cm³/mol. The van der Waals surface area contributed by atoms with Crippen molar-refractivity contribution in [3.8, 4) is 17.0 Å². The third-order valence-corrected chi connectivity index (χ3v) is 4.98. The van der Waals surface area contributed by atoms with Gasteiger partial charge in [0.15, 0.2) is 0 Å². The molecule has 1 aromatic heterocycles. The van der Waals surface area contributed by atoms with Gasteiger partial charge in [-0.3, -0.25) is 4.98 Å². The monoisotopic (exact) mass is 398 g/mol. The molecule has 3 rings (SSSR count). The van der Waals surface area contributed by atoms with Crippen LogP contribution in [-0.4, -0.2) is 45.5 Å². The van der Waals surface area contributed by atoms with Crippen molar-refractivity contribution in [1.29, 1.82) is 0 Å². The van der Waals surface area contributed by atoms with Crippen molar-refractivity contribution in [2.75, 3.05) is 26.1 Å². The van der Waals surface area contributed by atoms with Gasteiger partial charge in [-0.25, -0.2) is 21.9 Å². The molecule has 146 valence electrons. The van der Waals surface area contributed by atoms with Crippen LogP contribution in [0.15, 0.2) is 36.5 Å². The lowest BCUT2D eigenvalue weighted by molar-refractivity contribution is 0.0186. The zero-order valence-electron chi connectivity index (χ0n) is 14.7. The van der Waals surface area contributed by atoms with E-state index in [4.69, 9.17) is 9.47 Å². The number of halogens is 2. The van der Waals surface area contributed by atoms with E-state index in [2.05, 4.69) is 9.71 Å². The Labute approximate surface area is 156 Å². The van der Waals surface area contributed by atoms with Crippen molar-refractivity contribution in [3.05, 3.63) is 48.2 Å². The van der Waals surface area contributed by atoms with Gasteiger partial charge < -0.3 is 9.47 Å². The van der Waals surface area contributed by atoms with Gasteiger partial charge in [0, 0.05) is 30.2 Å². The van der Waals surface area contributed by atoms with Crippen LogP contribution in [0.1, 0.15) is 6.42 Å². The van der Waals surface area contributed by atoms with Gasteiger partial charge in [-0.15, -0.1) is 0 Å². The molecular formula is C18H20F2N2O4S. The first kappa shape index (κ1) is 19.7. The van der Waals surface area contributed by atoms with Crippen molar-refractivity contribution in [3.63, 3.8) is 0 Å². The van der Waals surface area contributed by atoms with Gasteiger partial charge in [0.05, 0.1) is 31.4 Å². The average Bonchev–Trinajstić information content (AvgIpc) is 2.61. The fourth-order valence-electron chi connectivity index (χ4n) is 2.92. The Bertz CT molecular complexity index is 891. The summed E-state index contributed by atoms with van der Waals surface area (Å²) in [4.78, 5) is 3.86. The first-order valence-electron chi connectivity index (χ1n) is 8.41. The smallest absolute Gasteiger partial charge is 0.208 e. The summed E-state index contributed by atoms with van der Waals surface area (Å²) in [5, 5.41) is 0. The second kappa shape index (κ2) is 8.28. The largest absolute Gasteiger partial charge is 0.493 e. The second-order valence-electron chi connectivity index (χ2n) is 6.43. The Morgan fingerprint density at radius 1 is 1.30 bits per heavy atom. The molecule has 2 aromatic rings. The van der Waals surface area contributed by atoms with E-state index in [-0.39, 0.29) is 24.1 Å². The zero-order chi connectivity index (χ0) is 19.4. The Balaban J connectivity index is 1.67. The van der Waals surface area contributed by atoms with Gasteiger partial charge in [-0.2, -0.15) is 0 Å². The van der Waals surface area contributed by atoms with Crippen LogP contribution >= 0.6 is 0 Å². The predicted octanol–water partition coefficient (Wildman–Crippen LogP) is 2.36. The molecule has 0 aliphatic carbocycles. The summed E-state index contributed by atoms with van der Waals surface area (Å²) >= 11 is 0. The van der Waals surface area contributed by atoms with Crippen LogP contribution in [0.3, 0.4) is 0 Å². The minimum atomic E-state index is -3.34. The van der Waals surface area contributed by atoms with E-state index in [0.717, 1.165) is 12.5 Å². The normalized spacial score (nSPS) is 20.4. The van der Waals surface area contributed by atoms with Crippen molar-refractivity contribution < 1.29 is 26.7 Å². The second-order valence-corrected chi connectivity index (χ2v) is 8.21. The molecule has 27 heavy (non-hydrogen) atoms. The van der Waals surface area contributed by atoms with E-state index >= 15 is 0 Å². The standard InChI is InChI=1S/C18H20F2N2O4S/c1-27(23,24)22-17-6-7-25-10-12(17)11-26-14-3-4-15(16(20)8-14)18-5-2-13(19)9-21-18/h2-5,8-9,12,17,22H,6-7,10-11H2,1H3. The lowest BCUT2D eigenvalue weighted by atomic mass is 9.98. The van der Waals surface area contributed by atoms with Crippen LogP contribution in [0.4, 0.5) is 8.78 Å². The maximum absolute atomic E-state index is 14.4. The highest BCUT2D eigenvalue weighted by atomic mass is 32.2.